The Hall–Kier alpha value is -0.210. The van der Waals surface area contributed by atoms with Crippen LogP contribution in [0.4, 0.5) is 0 Å². The van der Waals surface area contributed by atoms with Crippen molar-refractivity contribution >= 4 is 10.2 Å². The van der Waals surface area contributed by atoms with Crippen LogP contribution in [-0.4, -0.2) is 58.2 Å². The summed E-state index contributed by atoms with van der Waals surface area (Å²) in [6.07, 6.45) is 6.19. The number of nitrogens with one attached hydrogen (secondary N) is 2. The highest BCUT2D eigenvalue weighted by Gasteiger charge is 2.35. The molecule has 2 aliphatic heterocycles. The Labute approximate surface area is 122 Å². The minimum Gasteiger partial charge on any atom is -0.383 e. The van der Waals surface area contributed by atoms with Crippen LogP contribution in [-0.2, 0) is 14.9 Å². The first kappa shape index (κ1) is 16.2. The molecule has 0 aromatic heterocycles. The molecule has 2 aliphatic rings. The zero-order valence-electron chi connectivity index (χ0n) is 12.4. The SMILES string of the molecule is COCC1(CNS(=O)(=O)N2CCCCCC2)CCCN1. The average Bonchev–Trinajstić information content (AvgIpc) is 2.71. The maximum Gasteiger partial charge on any atom is 0.279 e. The van der Waals surface area contributed by atoms with Crippen molar-refractivity contribution < 1.29 is 13.2 Å². The van der Waals surface area contributed by atoms with E-state index in [1.165, 1.54) is 0 Å². The second-order valence-electron chi connectivity index (χ2n) is 5.88. The summed E-state index contributed by atoms with van der Waals surface area (Å²) in [4.78, 5) is 0. The Kier molecular flexibility index (Phi) is 5.80. The second-order valence-corrected chi connectivity index (χ2v) is 7.64. The molecule has 118 valence electrons. The van der Waals surface area contributed by atoms with Crippen LogP contribution in [0.25, 0.3) is 0 Å². The van der Waals surface area contributed by atoms with Crippen molar-refractivity contribution in [1.29, 1.82) is 0 Å². The molecule has 2 heterocycles. The van der Waals surface area contributed by atoms with Gasteiger partial charge in [0.2, 0.25) is 0 Å². The molecule has 0 spiro atoms. The molecule has 2 saturated heterocycles. The third kappa shape index (κ3) is 4.14. The van der Waals surface area contributed by atoms with Crippen molar-refractivity contribution in [3.05, 3.63) is 0 Å². The van der Waals surface area contributed by atoms with Crippen LogP contribution in [0.5, 0.6) is 0 Å². The fourth-order valence-electron chi connectivity index (χ4n) is 3.07. The van der Waals surface area contributed by atoms with Gasteiger partial charge in [-0.3, -0.25) is 0 Å². The Bertz CT molecular complexity index is 386. The molecule has 1 unspecified atom stereocenters. The van der Waals surface area contributed by atoms with Crippen LogP contribution in [0.2, 0.25) is 0 Å². The summed E-state index contributed by atoms with van der Waals surface area (Å²) in [5.41, 5.74) is -0.242. The Morgan fingerprint density at radius 1 is 1.20 bits per heavy atom. The molecule has 0 bridgehead atoms. The van der Waals surface area contributed by atoms with Crippen molar-refractivity contribution in [2.45, 2.75) is 44.1 Å². The van der Waals surface area contributed by atoms with Crippen LogP contribution < -0.4 is 10.0 Å². The highest BCUT2D eigenvalue weighted by atomic mass is 32.2. The second kappa shape index (κ2) is 7.17. The number of rotatable bonds is 6. The van der Waals surface area contributed by atoms with Gasteiger partial charge in [0.1, 0.15) is 0 Å². The van der Waals surface area contributed by atoms with Gasteiger partial charge in [-0.15, -0.1) is 0 Å². The van der Waals surface area contributed by atoms with Gasteiger partial charge < -0.3 is 10.1 Å². The molecule has 0 saturated carbocycles. The van der Waals surface area contributed by atoms with Crippen LogP contribution in [0, 0.1) is 0 Å². The van der Waals surface area contributed by atoms with Crippen molar-refractivity contribution in [3.63, 3.8) is 0 Å². The fraction of sp³-hybridized carbons (Fsp3) is 1.00. The Morgan fingerprint density at radius 3 is 2.45 bits per heavy atom. The molecule has 20 heavy (non-hydrogen) atoms. The van der Waals surface area contributed by atoms with E-state index >= 15 is 0 Å². The van der Waals surface area contributed by atoms with Gasteiger partial charge in [0.15, 0.2) is 0 Å². The number of hydrogen-bond acceptors (Lipinski definition) is 4. The first-order valence-corrected chi connectivity index (χ1v) is 9.01. The van der Waals surface area contributed by atoms with E-state index in [4.69, 9.17) is 4.74 Å². The largest absolute Gasteiger partial charge is 0.383 e. The molecule has 2 fully saturated rings. The van der Waals surface area contributed by atoms with Crippen molar-refractivity contribution in [1.82, 2.24) is 14.3 Å². The van der Waals surface area contributed by atoms with Crippen LogP contribution in [0.3, 0.4) is 0 Å². The van der Waals surface area contributed by atoms with E-state index in [1.54, 1.807) is 11.4 Å². The molecular formula is C13H27N3O3S. The fourth-order valence-corrected chi connectivity index (χ4v) is 4.45. The van der Waals surface area contributed by atoms with E-state index in [0.29, 0.717) is 26.2 Å². The smallest absolute Gasteiger partial charge is 0.279 e. The third-order valence-electron chi connectivity index (χ3n) is 4.25. The van der Waals surface area contributed by atoms with E-state index in [2.05, 4.69) is 10.0 Å². The molecule has 0 radical (unpaired) electrons. The van der Waals surface area contributed by atoms with Crippen LogP contribution in [0.1, 0.15) is 38.5 Å². The van der Waals surface area contributed by atoms with Gasteiger partial charge in [-0.1, -0.05) is 12.8 Å². The molecule has 2 N–H and O–H groups in total. The highest BCUT2D eigenvalue weighted by Crippen LogP contribution is 2.20. The van der Waals surface area contributed by atoms with Gasteiger partial charge in [0, 0.05) is 26.7 Å². The normalized spacial score (nSPS) is 29.4. The predicted octanol–water partition coefficient (Wildman–Crippen LogP) is 0.465. The van der Waals surface area contributed by atoms with E-state index in [-0.39, 0.29) is 5.54 Å². The maximum absolute atomic E-state index is 12.4. The summed E-state index contributed by atoms with van der Waals surface area (Å²) < 4.78 is 34.4. The third-order valence-corrected chi connectivity index (χ3v) is 5.80. The minimum atomic E-state index is -3.36. The molecule has 0 aromatic carbocycles. The van der Waals surface area contributed by atoms with Gasteiger partial charge in [-0.2, -0.15) is 12.7 Å². The van der Waals surface area contributed by atoms with E-state index in [9.17, 15) is 8.42 Å². The quantitative estimate of drug-likeness (QED) is 0.748. The predicted molar refractivity (Wildman–Crippen MR) is 78.8 cm³/mol. The zero-order valence-corrected chi connectivity index (χ0v) is 13.2. The molecule has 0 amide bonds. The molecular weight excluding hydrogens is 278 g/mol. The van der Waals surface area contributed by atoms with E-state index < -0.39 is 10.2 Å². The average molecular weight is 305 g/mol. The summed E-state index contributed by atoms with van der Waals surface area (Å²) in [5, 5.41) is 3.39. The molecule has 0 aromatic rings. The van der Waals surface area contributed by atoms with Crippen molar-refractivity contribution in [2.24, 2.45) is 0 Å². The lowest BCUT2D eigenvalue weighted by molar-refractivity contribution is 0.122. The summed E-state index contributed by atoms with van der Waals surface area (Å²) in [6, 6.07) is 0. The lowest BCUT2D eigenvalue weighted by atomic mass is 9.99. The monoisotopic (exact) mass is 305 g/mol. The van der Waals surface area contributed by atoms with Gasteiger partial charge in [0.25, 0.3) is 10.2 Å². The first-order chi connectivity index (χ1) is 9.58. The zero-order chi connectivity index (χ0) is 14.5. The van der Waals surface area contributed by atoms with Gasteiger partial charge >= 0.3 is 0 Å². The van der Waals surface area contributed by atoms with Crippen molar-refractivity contribution in [3.8, 4) is 0 Å². The first-order valence-electron chi connectivity index (χ1n) is 7.57. The van der Waals surface area contributed by atoms with E-state index in [1.807, 2.05) is 0 Å². The standard InChI is InChI=1S/C13H27N3O3S/c1-19-12-13(7-6-8-14-13)11-15-20(17,18)16-9-4-2-3-5-10-16/h14-15H,2-12H2,1H3. The van der Waals surface area contributed by atoms with E-state index in [0.717, 1.165) is 45.1 Å². The summed E-state index contributed by atoms with van der Waals surface area (Å²) in [5.74, 6) is 0. The van der Waals surface area contributed by atoms with Crippen LogP contribution in [0.15, 0.2) is 0 Å². The lowest BCUT2D eigenvalue weighted by Crippen LogP contribution is -2.55. The van der Waals surface area contributed by atoms with Gasteiger partial charge in [0.05, 0.1) is 12.1 Å². The molecule has 6 nitrogen and oxygen atoms in total. The molecule has 2 rings (SSSR count). The molecule has 0 aliphatic carbocycles. The summed E-state index contributed by atoms with van der Waals surface area (Å²) in [7, 11) is -1.71. The highest BCUT2D eigenvalue weighted by molar-refractivity contribution is 7.87. The maximum atomic E-state index is 12.4. The van der Waals surface area contributed by atoms with Gasteiger partial charge in [-0.25, -0.2) is 4.72 Å². The lowest BCUT2D eigenvalue weighted by Gasteiger charge is -2.30. The minimum absolute atomic E-state index is 0.242. The number of hydrogen-bond donors (Lipinski definition) is 2. The number of nitrogens with zero attached hydrogens (tertiary/aromatic N) is 1. The topological polar surface area (TPSA) is 70.7 Å². The number of methoxy groups -OCH3 is 1. The van der Waals surface area contributed by atoms with Crippen molar-refractivity contribution in [2.75, 3.05) is 39.9 Å². The number of ether oxygens (including phenoxy) is 1. The van der Waals surface area contributed by atoms with Crippen LogP contribution >= 0.6 is 0 Å². The Morgan fingerprint density at radius 2 is 1.90 bits per heavy atom. The summed E-state index contributed by atoms with van der Waals surface area (Å²) >= 11 is 0. The summed E-state index contributed by atoms with van der Waals surface area (Å²) in [6.45, 7) is 3.14. The molecule has 1 atom stereocenters. The van der Waals surface area contributed by atoms with Gasteiger partial charge in [-0.05, 0) is 32.2 Å². The molecule has 7 heteroatoms. The Balaban J connectivity index is 1.93.